The molecule has 0 atom stereocenters. The zero-order chi connectivity index (χ0) is 25.4. The molecule has 0 spiro atoms. The van der Waals surface area contributed by atoms with Crippen LogP contribution in [-0.2, 0) is 18.8 Å². The fourth-order valence-corrected chi connectivity index (χ4v) is 8.51. The van der Waals surface area contributed by atoms with Crippen LogP contribution in [0.5, 0.6) is 0 Å². The number of allylic oxidation sites excluding steroid dienone is 2. The average Bonchev–Trinajstić information content (AvgIpc) is 2.80. The predicted molar refractivity (Wildman–Crippen MR) is 142 cm³/mol. The van der Waals surface area contributed by atoms with Crippen molar-refractivity contribution in [3.05, 3.63) is 85.2 Å². The molecule has 182 valence electrons. The molecule has 0 N–H and O–H groups in total. The van der Waals surface area contributed by atoms with Gasteiger partial charge in [-0.05, 0) is 34.3 Å². The Morgan fingerprint density at radius 1 is 0.912 bits per heavy atom. The third-order valence-corrected chi connectivity index (χ3v) is 11.2. The molecule has 0 bridgehead atoms. The molecule has 34 heavy (non-hydrogen) atoms. The molecule has 0 fully saturated rings. The Morgan fingerprint density at radius 2 is 1.41 bits per heavy atom. The Kier molecular flexibility index (Phi) is 9.22. The highest BCUT2D eigenvalue weighted by atomic mass is 28.4. The highest BCUT2D eigenvalue weighted by Gasteiger charge is 2.52. The minimum Gasteiger partial charge on any atom is -0.534 e. The molecule has 0 radical (unpaired) electrons. The van der Waals surface area contributed by atoms with Crippen molar-refractivity contribution in [3.63, 3.8) is 0 Å². The van der Waals surface area contributed by atoms with Gasteiger partial charge in [-0.3, -0.25) is 9.59 Å². The van der Waals surface area contributed by atoms with Crippen LogP contribution in [0.25, 0.3) is 0 Å². The summed E-state index contributed by atoms with van der Waals surface area (Å²) in [5, 5.41) is 2.24. The summed E-state index contributed by atoms with van der Waals surface area (Å²) in [4.78, 5) is 23.9. The molecule has 0 aromatic heterocycles. The van der Waals surface area contributed by atoms with E-state index in [2.05, 4.69) is 80.6 Å². The van der Waals surface area contributed by atoms with E-state index in [0.717, 1.165) is 0 Å². The number of methoxy groups -OCH3 is 1. The smallest absolute Gasteiger partial charge is 0.319 e. The van der Waals surface area contributed by atoms with E-state index in [-0.39, 0.29) is 17.2 Å². The molecule has 0 saturated carbocycles. The lowest BCUT2D eigenvalue weighted by Crippen LogP contribution is -2.66. The zero-order valence-corrected chi connectivity index (χ0v) is 22.4. The molecular formula is C29H38O4Si. The van der Waals surface area contributed by atoms with Gasteiger partial charge in [0.2, 0.25) is 0 Å². The summed E-state index contributed by atoms with van der Waals surface area (Å²) in [7, 11) is -1.41. The van der Waals surface area contributed by atoms with Crippen LogP contribution in [0.3, 0.4) is 0 Å². The second-order valence-electron chi connectivity index (χ2n) is 10.2. The van der Waals surface area contributed by atoms with Crippen LogP contribution in [0.15, 0.2) is 85.2 Å². The van der Waals surface area contributed by atoms with Crippen molar-refractivity contribution in [1.82, 2.24) is 0 Å². The second-order valence-corrected chi connectivity index (χ2v) is 14.5. The van der Waals surface area contributed by atoms with Gasteiger partial charge in [-0.15, -0.1) is 0 Å². The minimum atomic E-state index is -2.71. The van der Waals surface area contributed by atoms with E-state index in [1.165, 1.54) is 17.5 Å². The van der Waals surface area contributed by atoms with Gasteiger partial charge in [-0.2, -0.15) is 0 Å². The van der Waals surface area contributed by atoms with Crippen LogP contribution < -0.4 is 10.4 Å². The van der Waals surface area contributed by atoms with Gasteiger partial charge in [-0.25, -0.2) is 0 Å². The van der Waals surface area contributed by atoms with Crippen molar-refractivity contribution in [2.45, 2.75) is 58.9 Å². The highest BCUT2D eigenvalue weighted by Crippen LogP contribution is 2.38. The van der Waals surface area contributed by atoms with Gasteiger partial charge in [0.05, 0.1) is 12.9 Å². The van der Waals surface area contributed by atoms with Gasteiger partial charge < -0.3 is 9.16 Å². The van der Waals surface area contributed by atoms with Crippen LogP contribution in [0.1, 0.15) is 53.9 Å². The Labute approximate surface area is 205 Å². The van der Waals surface area contributed by atoms with Gasteiger partial charge in [0.1, 0.15) is 12.2 Å². The molecule has 0 unspecified atom stereocenters. The molecule has 0 aliphatic carbocycles. The third kappa shape index (κ3) is 6.57. The number of hydrogen-bond acceptors (Lipinski definition) is 4. The summed E-state index contributed by atoms with van der Waals surface area (Å²) in [6.07, 6.45) is 4.99. The SMILES string of the molecule is C=C(/C=C/CCC(C)(C)C(=O)CC(=O)OC)O[Si](c1ccccc1)(c1ccccc1)C(C)(C)C. The average molecular weight is 479 g/mol. The van der Waals surface area contributed by atoms with Crippen LogP contribution in [0, 0.1) is 5.41 Å². The summed E-state index contributed by atoms with van der Waals surface area (Å²) < 4.78 is 11.5. The number of ether oxygens (including phenoxy) is 1. The largest absolute Gasteiger partial charge is 0.534 e. The van der Waals surface area contributed by atoms with Gasteiger partial charge in [-0.1, -0.05) is 108 Å². The van der Waals surface area contributed by atoms with Gasteiger partial charge >= 0.3 is 14.3 Å². The second kappa shape index (κ2) is 11.5. The molecule has 2 aromatic rings. The van der Waals surface area contributed by atoms with E-state index < -0.39 is 19.7 Å². The number of ketones is 1. The van der Waals surface area contributed by atoms with E-state index in [0.29, 0.717) is 18.6 Å². The van der Waals surface area contributed by atoms with Crippen LogP contribution in [-0.4, -0.2) is 27.2 Å². The quantitative estimate of drug-likeness (QED) is 0.139. The van der Waals surface area contributed by atoms with E-state index in [1.807, 2.05) is 38.1 Å². The summed E-state index contributed by atoms with van der Waals surface area (Å²) >= 11 is 0. The monoisotopic (exact) mass is 478 g/mol. The molecule has 0 aliphatic rings. The van der Waals surface area contributed by atoms with E-state index >= 15 is 0 Å². The van der Waals surface area contributed by atoms with Gasteiger partial charge in [0.15, 0.2) is 0 Å². The minimum absolute atomic E-state index is 0.116. The highest BCUT2D eigenvalue weighted by molar-refractivity contribution is 6.99. The molecule has 0 aliphatic heterocycles. The fourth-order valence-electron chi connectivity index (χ4n) is 4.12. The van der Waals surface area contributed by atoms with Crippen LogP contribution in [0.2, 0.25) is 5.04 Å². The number of benzene rings is 2. The van der Waals surface area contributed by atoms with Crippen molar-refractivity contribution in [2.75, 3.05) is 7.11 Å². The Morgan fingerprint density at radius 3 is 1.85 bits per heavy atom. The predicted octanol–water partition coefficient (Wildman–Crippen LogP) is 5.57. The van der Waals surface area contributed by atoms with Crippen molar-refractivity contribution < 1.29 is 18.8 Å². The summed E-state index contributed by atoms with van der Waals surface area (Å²) in [5.41, 5.74) is -0.612. The number of Topliss-reactive ketones (excluding diaryl/α,β-unsaturated/α-hetero) is 1. The maximum absolute atomic E-state index is 12.4. The van der Waals surface area contributed by atoms with Crippen molar-refractivity contribution in [2.24, 2.45) is 5.41 Å². The van der Waals surface area contributed by atoms with E-state index in [1.54, 1.807) is 0 Å². The van der Waals surface area contributed by atoms with Crippen molar-refractivity contribution >= 4 is 30.4 Å². The lowest BCUT2D eigenvalue weighted by molar-refractivity contribution is -0.145. The maximum Gasteiger partial charge on any atom is 0.319 e. The topological polar surface area (TPSA) is 52.6 Å². The molecule has 0 heterocycles. The Bertz CT molecular complexity index is 962. The molecule has 5 heteroatoms. The first-order chi connectivity index (χ1) is 15.9. The lowest BCUT2D eigenvalue weighted by atomic mass is 9.82. The van der Waals surface area contributed by atoms with Gasteiger partial charge in [0.25, 0.3) is 0 Å². The number of carbonyl (C=O) groups is 2. The number of rotatable bonds is 11. The third-order valence-electron chi connectivity index (χ3n) is 6.23. The molecule has 2 aromatic carbocycles. The van der Waals surface area contributed by atoms with Crippen LogP contribution >= 0.6 is 0 Å². The molecule has 4 nitrogen and oxygen atoms in total. The Hall–Kier alpha value is -2.92. The van der Waals surface area contributed by atoms with Crippen molar-refractivity contribution in [1.29, 1.82) is 0 Å². The standard InChI is InChI=1S/C29H38O4Si/c1-23(16-14-15-21-29(5,6)26(30)22-27(31)32-7)33-34(28(2,3)4,24-17-10-8-11-18-24)25-19-12-9-13-20-25/h8-14,16-20H,1,15,21-22H2,2-7H3/b16-14+. The molecule has 0 amide bonds. The normalized spacial score (nSPS) is 12.4. The Balaban J connectivity index is 2.23. The first-order valence-electron chi connectivity index (χ1n) is 11.7. The molecule has 2 rings (SSSR count). The number of hydrogen-bond donors (Lipinski definition) is 0. The molecule has 0 saturated heterocycles. The fraction of sp³-hybridized carbons (Fsp3) is 0.379. The summed E-state index contributed by atoms with van der Waals surface area (Å²) in [6, 6.07) is 20.9. The van der Waals surface area contributed by atoms with Gasteiger partial charge in [0, 0.05) is 5.41 Å². The molecular weight excluding hydrogens is 440 g/mol. The zero-order valence-electron chi connectivity index (χ0n) is 21.4. The van der Waals surface area contributed by atoms with E-state index in [4.69, 9.17) is 4.43 Å². The summed E-state index contributed by atoms with van der Waals surface area (Å²) in [6.45, 7) is 14.6. The summed E-state index contributed by atoms with van der Waals surface area (Å²) in [5.74, 6) is -0.0103. The van der Waals surface area contributed by atoms with E-state index in [9.17, 15) is 9.59 Å². The number of esters is 1. The van der Waals surface area contributed by atoms with Crippen molar-refractivity contribution in [3.8, 4) is 0 Å². The first kappa shape index (κ1) is 27.3. The lowest BCUT2D eigenvalue weighted by Gasteiger charge is -2.43. The maximum atomic E-state index is 12.4. The van der Waals surface area contributed by atoms with Crippen LogP contribution in [0.4, 0.5) is 0 Å². The number of carbonyl (C=O) groups excluding carboxylic acids is 2. The first-order valence-corrected chi connectivity index (χ1v) is 13.6.